The van der Waals surface area contributed by atoms with Crippen molar-refractivity contribution in [3.05, 3.63) is 30.3 Å². The summed E-state index contributed by atoms with van der Waals surface area (Å²) in [6, 6.07) is 6.93. The molecule has 8 N–H and O–H groups in total. The lowest BCUT2D eigenvalue weighted by molar-refractivity contribution is 0.493. The zero-order chi connectivity index (χ0) is 24.0. The SMILES string of the molecule is Nc1c(NS(=O)O)cccc1-c1ccc(S(=O)(=O)C2CNC2)c(S(N)(=O)=O)c1-c1nn[nH]n1. The van der Waals surface area contributed by atoms with Crippen LogP contribution in [0.15, 0.2) is 40.1 Å². The number of sulfonamides is 1. The van der Waals surface area contributed by atoms with E-state index in [1.54, 1.807) is 0 Å². The first kappa shape index (κ1) is 23.2. The van der Waals surface area contributed by atoms with E-state index in [1.807, 2.05) is 0 Å². The van der Waals surface area contributed by atoms with Gasteiger partial charge in [-0.1, -0.05) is 18.2 Å². The molecule has 0 aliphatic carbocycles. The quantitative estimate of drug-likeness (QED) is 0.166. The van der Waals surface area contributed by atoms with Gasteiger partial charge >= 0.3 is 0 Å². The molecule has 0 amide bonds. The lowest BCUT2D eigenvalue weighted by Crippen LogP contribution is -2.51. The Labute approximate surface area is 190 Å². The average Bonchev–Trinajstić information content (AvgIpc) is 3.20. The van der Waals surface area contributed by atoms with Crippen molar-refractivity contribution in [2.45, 2.75) is 15.0 Å². The smallest absolute Gasteiger partial charge is 0.259 e. The van der Waals surface area contributed by atoms with Crippen LogP contribution in [-0.4, -0.2) is 64.6 Å². The van der Waals surface area contributed by atoms with Gasteiger partial charge < -0.3 is 11.1 Å². The molecular formula is C16H18N8O6S3. The molecule has 0 bridgehead atoms. The molecule has 33 heavy (non-hydrogen) atoms. The number of H-pyrrole nitrogens is 1. The predicted molar refractivity (Wildman–Crippen MR) is 119 cm³/mol. The zero-order valence-electron chi connectivity index (χ0n) is 16.6. The third kappa shape index (κ3) is 4.21. The second-order valence-electron chi connectivity index (χ2n) is 7.04. The van der Waals surface area contributed by atoms with Gasteiger partial charge in [0.25, 0.3) is 11.3 Å². The van der Waals surface area contributed by atoms with Gasteiger partial charge in [0.1, 0.15) is 4.90 Å². The first-order valence-corrected chi connectivity index (χ1v) is 13.4. The summed E-state index contributed by atoms with van der Waals surface area (Å²) in [4.78, 5) is -1.19. The molecule has 4 rings (SSSR count). The van der Waals surface area contributed by atoms with Crippen LogP contribution >= 0.6 is 0 Å². The van der Waals surface area contributed by atoms with Crippen LogP contribution in [0.2, 0.25) is 0 Å². The minimum absolute atomic E-state index is 0.0104. The Balaban J connectivity index is 2.08. The van der Waals surface area contributed by atoms with Crippen LogP contribution in [-0.2, 0) is 31.1 Å². The molecule has 176 valence electrons. The Bertz CT molecular complexity index is 1450. The van der Waals surface area contributed by atoms with Gasteiger partial charge in [-0.15, -0.1) is 10.2 Å². The number of tetrazole rings is 1. The third-order valence-corrected chi connectivity index (χ3v) is 8.74. The van der Waals surface area contributed by atoms with Gasteiger partial charge in [-0.05, 0) is 22.9 Å². The van der Waals surface area contributed by atoms with Gasteiger partial charge in [-0.25, -0.2) is 26.2 Å². The normalized spacial score (nSPS) is 15.7. The molecule has 1 atom stereocenters. The second kappa shape index (κ2) is 8.43. The highest BCUT2D eigenvalue weighted by Crippen LogP contribution is 2.42. The monoisotopic (exact) mass is 514 g/mol. The highest BCUT2D eigenvalue weighted by molar-refractivity contribution is 7.94. The van der Waals surface area contributed by atoms with E-state index < -0.39 is 46.2 Å². The summed E-state index contributed by atoms with van der Waals surface area (Å²) in [5.74, 6) is -0.235. The van der Waals surface area contributed by atoms with E-state index in [4.69, 9.17) is 15.4 Å². The minimum atomic E-state index is -4.63. The standard InChI is InChI=1S/C16H18N8O6S3/c17-14-10(2-1-3-11(14)22-31(25)26)9-4-5-12(32(27,28)8-6-19-7-8)15(33(18,29)30)13(9)16-20-23-24-21-16/h1-5,8,19,22H,6-7,17H2,(H,25,26)(H2,18,29,30)(H,20,21,23,24). The molecule has 1 aliphatic rings. The van der Waals surface area contributed by atoms with E-state index in [-0.39, 0.29) is 47.0 Å². The molecule has 1 fully saturated rings. The van der Waals surface area contributed by atoms with Crippen molar-refractivity contribution in [1.82, 2.24) is 25.9 Å². The van der Waals surface area contributed by atoms with Gasteiger partial charge in [0.05, 0.1) is 27.1 Å². The predicted octanol–water partition coefficient (Wildman–Crippen LogP) is -0.943. The Morgan fingerprint density at radius 1 is 1.12 bits per heavy atom. The molecule has 3 aromatic rings. The highest BCUT2D eigenvalue weighted by atomic mass is 32.2. The van der Waals surface area contributed by atoms with Crippen LogP contribution in [0.4, 0.5) is 11.4 Å². The number of rotatable bonds is 7. The molecule has 1 saturated heterocycles. The van der Waals surface area contributed by atoms with Crippen LogP contribution in [0.3, 0.4) is 0 Å². The Hall–Kier alpha value is -2.96. The molecule has 1 unspecified atom stereocenters. The molecular weight excluding hydrogens is 496 g/mol. The van der Waals surface area contributed by atoms with E-state index in [1.165, 1.54) is 24.3 Å². The van der Waals surface area contributed by atoms with E-state index in [0.717, 1.165) is 6.07 Å². The van der Waals surface area contributed by atoms with Crippen LogP contribution in [0.1, 0.15) is 0 Å². The van der Waals surface area contributed by atoms with Gasteiger partial charge in [0.2, 0.25) is 15.8 Å². The topological polar surface area (TPSA) is 236 Å². The molecule has 1 aliphatic heterocycles. The number of aromatic amines is 1. The van der Waals surface area contributed by atoms with Crippen LogP contribution in [0.25, 0.3) is 22.5 Å². The maximum atomic E-state index is 13.2. The fraction of sp³-hybridized carbons (Fsp3) is 0.188. The number of hydrogen-bond acceptors (Lipinski definition) is 10. The number of anilines is 2. The molecule has 2 heterocycles. The van der Waals surface area contributed by atoms with Crippen molar-refractivity contribution in [1.29, 1.82) is 0 Å². The summed E-state index contributed by atoms with van der Waals surface area (Å²) in [7, 11) is -8.72. The van der Waals surface area contributed by atoms with Crippen molar-refractivity contribution < 1.29 is 25.6 Å². The van der Waals surface area contributed by atoms with E-state index in [9.17, 15) is 21.0 Å². The Morgan fingerprint density at radius 2 is 1.85 bits per heavy atom. The number of primary sulfonamides is 1. The summed E-state index contributed by atoms with van der Waals surface area (Å²) >= 11 is -2.43. The first-order chi connectivity index (χ1) is 15.5. The summed E-state index contributed by atoms with van der Waals surface area (Å²) in [5, 5.41) is 20.8. The largest absolute Gasteiger partial charge is 0.397 e. The lowest BCUT2D eigenvalue weighted by atomic mass is 9.97. The maximum absolute atomic E-state index is 13.2. The van der Waals surface area contributed by atoms with Gasteiger partial charge in [-0.3, -0.25) is 9.27 Å². The number of hydrogen-bond donors (Lipinski definition) is 6. The Morgan fingerprint density at radius 3 is 2.39 bits per heavy atom. The number of sulfone groups is 1. The minimum Gasteiger partial charge on any atom is -0.397 e. The van der Waals surface area contributed by atoms with Crippen LogP contribution in [0.5, 0.6) is 0 Å². The van der Waals surface area contributed by atoms with E-state index >= 15 is 0 Å². The second-order valence-corrected chi connectivity index (χ2v) is 11.4. The molecule has 0 radical (unpaired) electrons. The number of para-hydroxylation sites is 1. The average molecular weight is 515 g/mol. The summed E-state index contributed by atoms with van der Waals surface area (Å²) in [6.45, 7) is 0.315. The molecule has 14 nitrogen and oxygen atoms in total. The van der Waals surface area contributed by atoms with Crippen LogP contribution < -0.4 is 20.9 Å². The Kier molecular flexibility index (Phi) is 5.93. The number of nitrogens with two attached hydrogens (primary N) is 2. The van der Waals surface area contributed by atoms with Crippen molar-refractivity contribution in [2.24, 2.45) is 5.14 Å². The molecule has 1 aromatic heterocycles. The summed E-state index contributed by atoms with van der Waals surface area (Å²) in [5.41, 5.74) is 6.35. The van der Waals surface area contributed by atoms with Crippen LogP contribution in [0, 0.1) is 0 Å². The summed E-state index contributed by atoms with van der Waals surface area (Å²) in [6.07, 6.45) is 0. The van der Waals surface area contributed by atoms with Crippen molar-refractivity contribution in [3.8, 4) is 22.5 Å². The lowest BCUT2D eigenvalue weighted by Gasteiger charge is -2.28. The zero-order valence-corrected chi connectivity index (χ0v) is 19.0. The van der Waals surface area contributed by atoms with Gasteiger partial charge in [0, 0.05) is 18.7 Å². The third-order valence-electron chi connectivity index (χ3n) is 5.06. The van der Waals surface area contributed by atoms with Gasteiger partial charge in [0.15, 0.2) is 9.84 Å². The first-order valence-electron chi connectivity index (χ1n) is 9.16. The number of nitrogens with one attached hydrogen (secondary N) is 3. The number of benzene rings is 2. The maximum Gasteiger partial charge on any atom is 0.259 e. The van der Waals surface area contributed by atoms with Gasteiger partial charge in [-0.2, -0.15) is 5.21 Å². The fourth-order valence-corrected chi connectivity index (χ4v) is 6.98. The molecule has 17 heteroatoms. The molecule has 0 saturated carbocycles. The van der Waals surface area contributed by atoms with Crippen molar-refractivity contribution in [3.63, 3.8) is 0 Å². The molecule has 2 aromatic carbocycles. The molecule has 0 spiro atoms. The van der Waals surface area contributed by atoms with E-state index in [2.05, 4.69) is 30.7 Å². The van der Waals surface area contributed by atoms with E-state index in [0.29, 0.717) is 0 Å². The summed E-state index contributed by atoms with van der Waals surface area (Å²) < 4.78 is 74.4. The fourth-order valence-electron chi connectivity index (χ4n) is 3.43. The number of nitrogens with zero attached hydrogens (tertiary/aromatic N) is 3. The number of nitrogen functional groups attached to an aromatic ring is 1. The number of aromatic nitrogens is 4. The van der Waals surface area contributed by atoms with Crippen molar-refractivity contribution >= 4 is 42.5 Å². The highest BCUT2D eigenvalue weighted by Gasteiger charge is 2.38. The van der Waals surface area contributed by atoms with Crippen molar-refractivity contribution in [2.75, 3.05) is 23.5 Å².